The van der Waals surface area contributed by atoms with Gasteiger partial charge in [-0.25, -0.2) is 9.59 Å². The highest BCUT2D eigenvalue weighted by Crippen LogP contribution is 2.40. The van der Waals surface area contributed by atoms with E-state index in [1.54, 1.807) is 6.08 Å². The molecule has 2 aliphatic rings. The second-order valence-electron chi connectivity index (χ2n) is 8.42. The average Bonchev–Trinajstić information content (AvgIpc) is 2.86. The van der Waals surface area contributed by atoms with E-state index in [1.165, 1.54) is 30.4 Å². The van der Waals surface area contributed by atoms with E-state index in [2.05, 4.69) is 44.6 Å². The van der Waals surface area contributed by atoms with Crippen LogP contribution < -0.4 is 0 Å². The van der Waals surface area contributed by atoms with E-state index in [4.69, 9.17) is 4.74 Å². The van der Waals surface area contributed by atoms with E-state index < -0.39 is 24.1 Å². The minimum Gasteiger partial charge on any atom is -0.389 e. The number of aliphatic hydroxyl groups excluding tert-OH is 1. The Morgan fingerprint density at radius 1 is 1.21 bits per heavy atom. The van der Waals surface area contributed by atoms with Crippen molar-refractivity contribution < 1.29 is 24.2 Å². The number of esters is 2. The molecule has 0 aromatic rings. The molecule has 5 heteroatoms. The van der Waals surface area contributed by atoms with Gasteiger partial charge in [-0.05, 0) is 51.0 Å². The van der Waals surface area contributed by atoms with Crippen LogP contribution in [0.5, 0.6) is 0 Å². The Morgan fingerprint density at radius 3 is 2.55 bits per heavy atom. The molecule has 2 atom stereocenters. The number of cyclic esters (lactones) is 2. The lowest BCUT2D eigenvalue weighted by atomic mass is 9.72. The van der Waals surface area contributed by atoms with Gasteiger partial charge in [0.05, 0.1) is 6.61 Å². The van der Waals surface area contributed by atoms with Crippen LogP contribution in [0.15, 0.2) is 58.7 Å². The second kappa shape index (κ2) is 9.99. The van der Waals surface area contributed by atoms with Crippen molar-refractivity contribution in [2.45, 2.75) is 66.1 Å². The van der Waals surface area contributed by atoms with Crippen LogP contribution in [0.1, 0.15) is 53.9 Å². The summed E-state index contributed by atoms with van der Waals surface area (Å²) < 4.78 is 9.56. The normalized spacial score (nSPS) is 26.1. The maximum atomic E-state index is 11.4. The third-order valence-corrected chi connectivity index (χ3v) is 5.42. The Labute approximate surface area is 173 Å². The molecule has 0 bridgehead atoms. The third kappa shape index (κ3) is 6.38. The summed E-state index contributed by atoms with van der Waals surface area (Å²) in [7, 11) is 0. The van der Waals surface area contributed by atoms with Gasteiger partial charge in [0.15, 0.2) is 12.2 Å². The molecular formula is C24H32O5. The van der Waals surface area contributed by atoms with Crippen molar-refractivity contribution >= 4 is 11.9 Å². The summed E-state index contributed by atoms with van der Waals surface area (Å²) in [6.45, 7) is 10.9. The van der Waals surface area contributed by atoms with Crippen LogP contribution >= 0.6 is 0 Å². The number of carbonyl (C=O) groups is 2. The molecular weight excluding hydrogens is 368 g/mol. The topological polar surface area (TPSA) is 72.8 Å². The SMILES string of the molecule is CC(C=CC1=C(C)CCCC1(C)C)=CC=CC(C)=CCOC1C(=O)OC(=O)C1O. The first-order chi connectivity index (χ1) is 13.6. The maximum Gasteiger partial charge on any atom is 0.346 e. The van der Waals surface area contributed by atoms with Crippen LogP contribution in [0.25, 0.3) is 0 Å². The van der Waals surface area contributed by atoms with Crippen molar-refractivity contribution in [2.24, 2.45) is 5.41 Å². The summed E-state index contributed by atoms with van der Waals surface area (Å²) in [6.07, 6.45) is 13.0. The highest BCUT2D eigenvalue weighted by atomic mass is 16.6. The molecule has 0 radical (unpaired) electrons. The molecule has 2 unspecified atom stereocenters. The summed E-state index contributed by atoms with van der Waals surface area (Å²) in [5.41, 5.74) is 5.26. The van der Waals surface area contributed by atoms with Crippen molar-refractivity contribution in [2.75, 3.05) is 6.61 Å². The highest BCUT2D eigenvalue weighted by Gasteiger charge is 2.44. The molecule has 0 aromatic carbocycles. The lowest BCUT2D eigenvalue weighted by Gasteiger charge is -2.32. The van der Waals surface area contributed by atoms with E-state index in [-0.39, 0.29) is 12.0 Å². The molecule has 158 valence electrons. The minimum absolute atomic E-state index is 0.103. The second-order valence-corrected chi connectivity index (χ2v) is 8.42. The predicted molar refractivity (Wildman–Crippen MR) is 113 cm³/mol. The maximum absolute atomic E-state index is 11.4. The summed E-state index contributed by atoms with van der Waals surface area (Å²) in [5.74, 6) is -1.81. The largest absolute Gasteiger partial charge is 0.389 e. The molecule has 1 fully saturated rings. The molecule has 0 spiro atoms. The highest BCUT2D eigenvalue weighted by molar-refractivity contribution is 5.99. The first-order valence-corrected chi connectivity index (χ1v) is 10.1. The molecule has 1 aliphatic carbocycles. The third-order valence-electron chi connectivity index (χ3n) is 5.42. The van der Waals surface area contributed by atoms with Gasteiger partial charge in [-0.1, -0.05) is 67.0 Å². The Balaban J connectivity index is 1.88. The average molecular weight is 401 g/mol. The zero-order valence-electron chi connectivity index (χ0n) is 18.0. The Hall–Kier alpha value is -2.24. The van der Waals surface area contributed by atoms with Crippen molar-refractivity contribution in [1.29, 1.82) is 0 Å². The van der Waals surface area contributed by atoms with Gasteiger partial charge in [0.2, 0.25) is 0 Å². The molecule has 0 amide bonds. The number of aliphatic hydroxyl groups is 1. The zero-order valence-corrected chi connectivity index (χ0v) is 18.0. The monoisotopic (exact) mass is 400 g/mol. The van der Waals surface area contributed by atoms with Crippen LogP contribution in [0.2, 0.25) is 0 Å². The number of allylic oxidation sites excluding steroid dienone is 9. The molecule has 1 N–H and O–H groups in total. The Kier molecular flexibility index (Phi) is 7.94. The van der Waals surface area contributed by atoms with Crippen LogP contribution in [-0.2, 0) is 19.1 Å². The fraction of sp³-hybridized carbons (Fsp3) is 0.500. The molecule has 1 aliphatic heterocycles. The number of hydrogen-bond acceptors (Lipinski definition) is 5. The smallest absolute Gasteiger partial charge is 0.346 e. The molecule has 29 heavy (non-hydrogen) atoms. The molecule has 2 rings (SSSR count). The van der Waals surface area contributed by atoms with Gasteiger partial charge >= 0.3 is 11.9 Å². The van der Waals surface area contributed by atoms with E-state index in [0.29, 0.717) is 0 Å². The minimum atomic E-state index is -1.54. The fourth-order valence-electron chi connectivity index (χ4n) is 3.61. The van der Waals surface area contributed by atoms with Crippen molar-refractivity contribution in [3.8, 4) is 0 Å². The van der Waals surface area contributed by atoms with Crippen LogP contribution in [0, 0.1) is 5.41 Å². The fourth-order valence-corrected chi connectivity index (χ4v) is 3.61. The number of hydrogen-bond donors (Lipinski definition) is 1. The molecule has 5 nitrogen and oxygen atoms in total. The summed E-state index contributed by atoms with van der Waals surface area (Å²) in [5, 5.41) is 9.52. The van der Waals surface area contributed by atoms with Gasteiger partial charge in [-0.3, -0.25) is 0 Å². The van der Waals surface area contributed by atoms with Crippen LogP contribution in [0.4, 0.5) is 0 Å². The van der Waals surface area contributed by atoms with E-state index in [0.717, 1.165) is 11.1 Å². The van der Waals surface area contributed by atoms with Crippen LogP contribution in [-0.4, -0.2) is 35.9 Å². The lowest BCUT2D eigenvalue weighted by molar-refractivity contribution is -0.155. The zero-order chi connectivity index (χ0) is 21.6. The van der Waals surface area contributed by atoms with Gasteiger partial charge in [-0.15, -0.1) is 0 Å². The first kappa shape index (κ1) is 23.0. The van der Waals surface area contributed by atoms with Gasteiger partial charge in [0.25, 0.3) is 0 Å². The van der Waals surface area contributed by atoms with Gasteiger partial charge < -0.3 is 14.6 Å². The summed E-state index contributed by atoms with van der Waals surface area (Å²) in [6, 6.07) is 0. The van der Waals surface area contributed by atoms with Crippen molar-refractivity contribution in [1.82, 2.24) is 0 Å². The van der Waals surface area contributed by atoms with Gasteiger partial charge in [0, 0.05) is 0 Å². The first-order valence-electron chi connectivity index (χ1n) is 10.1. The lowest BCUT2D eigenvalue weighted by Crippen LogP contribution is -2.31. The molecule has 1 heterocycles. The van der Waals surface area contributed by atoms with Gasteiger partial charge in [-0.2, -0.15) is 0 Å². The summed E-state index contributed by atoms with van der Waals surface area (Å²) >= 11 is 0. The molecule has 0 saturated carbocycles. The molecule has 0 aromatic heterocycles. The van der Waals surface area contributed by atoms with Crippen molar-refractivity contribution in [3.05, 3.63) is 58.7 Å². The Bertz CT molecular complexity index is 792. The summed E-state index contributed by atoms with van der Waals surface area (Å²) in [4.78, 5) is 22.5. The van der Waals surface area contributed by atoms with E-state index in [9.17, 15) is 14.7 Å². The van der Waals surface area contributed by atoms with E-state index in [1.807, 2.05) is 25.2 Å². The van der Waals surface area contributed by atoms with Crippen LogP contribution in [0.3, 0.4) is 0 Å². The van der Waals surface area contributed by atoms with Gasteiger partial charge in [0.1, 0.15) is 0 Å². The quantitative estimate of drug-likeness (QED) is 0.391. The van der Waals surface area contributed by atoms with Crippen molar-refractivity contribution in [3.63, 3.8) is 0 Å². The standard InChI is InChI=1S/C24H32O5/c1-16(11-12-19-18(3)10-7-14-24(19,4)5)8-6-9-17(2)13-15-28-21-20(25)22(26)29-23(21)27/h6,8-9,11-13,20-21,25H,7,10,14-15H2,1-5H3. The number of ether oxygens (including phenoxy) is 2. The Morgan fingerprint density at radius 2 is 1.93 bits per heavy atom. The van der Waals surface area contributed by atoms with E-state index >= 15 is 0 Å². The number of carbonyl (C=O) groups excluding carboxylic acids is 2. The molecule has 1 saturated heterocycles. The predicted octanol–water partition coefficient (Wildman–Crippen LogP) is 4.35. The number of rotatable bonds is 7.